The summed E-state index contributed by atoms with van der Waals surface area (Å²) in [6, 6.07) is 13.3. The fourth-order valence-corrected chi connectivity index (χ4v) is 3.17. The van der Waals surface area contributed by atoms with Crippen LogP contribution < -0.4 is 10.2 Å². The molecule has 1 aliphatic rings. The average molecular weight is 384 g/mol. The number of halogens is 1. The summed E-state index contributed by atoms with van der Waals surface area (Å²) in [5.41, 5.74) is 1.83. The predicted molar refractivity (Wildman–Crippen MR) is 102 cm³/mol. The normalized spacial score (nSPS) is 16.1. The van der Waals surface area contributed by atoms with Crippen LogP contribution in [0.5, 0.6) is 0 Å². The largest absolute Gasteiger partial charge is 0.455 e. The van der Waals surface area contributed by atoms with E-state index in [1.807, 2.05) is 31.2 Å². The van der Waals surface area contributed by atoms with Crippen molar-refractivity contribution in [3.05, 3.63) is 59.9 Å². The summed E-state index contributed by atoms with van der Waals surface area (Å²) in [7, 11) is 0. The maximum atomic E-state index is 13.5. The minimum Gasteiger partial charge on any atom is -0.455 e. The number of para-hydroxylation sites is 2. The zero-order valence-electron chi connectivity index (χ0n) is 15.5. The SMILES string of the molecule is CCc1ccccc1N1C[C@@H](C(=O)OCC(=O)Nc2ccccc2F)CC1=O. The second-order valence-electron chi connectivity index (χ2n) is 6.52. The van der Waals surface area contributed by atoms with E-state index >= 15 is 0 Å². The number of hydrogen-bond donors (Lipinski definition) is 1. The zero-order chi connectivity index (χ0) is 20.1. The second-order valence-corrected chi connectivity index (χ2v) is 6.52. The number of esters is 1. The number of anilines is 2. The third kappa shape index (κ3) is 4.36. The Labute approximate surface area is 162 Å². The summed E-state index contributed by atoms with van der Waals surface area (Å²) < 4.78 is 18.6. The molecule has 1 aliphatic heterocycles. The first kappa shape index (κ1) is 19.5. The quantitative estimate of drug-likeness (QED) is 0.777. The van der Waals surface area contributed by atoms with Gasteiger partial charge < -0.3 is 15.0 Å². The monoisotopic (exact) mass is 384 g/mol. The van der Waals surface area contributed by atoms with Crippen LogP contribution in [0.2, 0.25) is 0 Å². The van der Waals surface area contributed by atoms with E-state index in [-0.39, 0.29) is 24.6 Å². The first-order valence-corrected chi connectivity index (χ1v) is 9.09. The minimum absolute atomic E-state index is 0.0157. The molecular weight excluding hydrogens is 363 g/mol. The van der Waals surface area contributed by atoms with E-state index in [1.165, 1.54) is 18.2 Å². The number of rotatable bonds is 6. The van der Waals surface area contributed by atoms with Crippen molar-refractivity contribution in [2.24, 2.45) is 5.92 Å². The summed E-state index contributed by atoms with van der Waals surface area (Å²) in [5, 5.41) is 2.35. The highest BCUT2D eigenvalue weighted by molar-refractivity contribution is 6.00. The van der Waals surface area contributed by atoms with Crippen LogP contribution in [-0.4, -0.2) is 30.9 Å². The topological polar surface area (TPSA) is 75.7 Å². The van der Waals surface area contributed by atoms with Crippen molar-refractivity contribution >= 4 is 29.2 Å². The summed E-state index contributed by atoms with van der Waals surface area (Å²) in [4.78, 5) is 38.1. The van der Waals surface area contributed by atoms with E-state index in [0.29, 0.717) is 0 Å². The van der Waals surface area contributed by atoms with Gasteiger partial charge in [0.15, 0.2) is 6.61 Å². The van der Waals surface area contributed by atoms with Gasteiger partial charge in [-0.1, -0.05) is 37.3 Å². The van der Waals surface area contributed by atoms with E-state index in [1.54, 1.807) is 11.0 Å². The molecule has 1 N–H and O–H groups in total. The highest BCUT2D eigenvalue weighted by Crippen LogP contribution is 2.29. The molecule has 1 atom stereocenters. The number of ether oxygens (including phenoxy) is 1. The fourth-order valence-electron chi connectivity index (χ4n) is 3.17. The molecule has 0 aliphatic carbocycles. The van der Waals surface area contributed by atoms with Crippen molar-refractivity contribution in [1.82, 2.24) is 0 Å². The molecule has 1 heterocycles. The summed E-state index contributed by atoms with van der Waals surface area (Å²) in [6.07, 6.45) is 0.803. The van der Waals surface area contributed by atoms with Gasteiger partial charge in [-0.25, -0.2) is 4.39 Å². The highest BCUT2D eigenvalue weighted by atomic mass is 19.1. The van der Waals surface area contributed by atoms with Gasteiger partial charge in [-0.3, -0.25) is 14.4 Å². The molecule has 3 rings (SSSR count). The Morgan fingerprint density at radius 2 is 1.89 bits per heavy atom. The van der Waals surface area contributed by atoms with E-state index < -0.39 is 30.2 Å². The molecule has 0 unspecified atom stereocenters. The number of benzene rings is 2. The number of nitrogens with zero attached hydrogens (tertiary/aromatic N) is 1. The van der Waals surface area contributed by atoms with Gasteiger partial charge in [-0.2, -0.15) is 0 Å². The Morgan fingerprint density at radius 3 is 2.64 bits per heavy atom. The second kappa shape index (κ2) is 8.65. The molecule has 1 fully saturated rings. The van der Waals surface area contributed by atoms with Crippen LogP contribution in [0.15, 0.2) is 48.5 Å². The van der Waals surface area contributed by atoms with E-state index in [9.17, 15) is 18.8 Å². The standard InChI is InChI=1S/C21H21FN2O4/c1-2-14-7-3-6-10-18(14)24-12-15(11-20(24)26)21(27)28-13-19(25)23-17-9-5-4-8-16(17)22/h3-10,15H,2,11-13H2,1H3,(H,23,25)/t15-/m0/s1. The smallest absolute Gasteiger partial charge is 0.311 e. The van der Waals surface area contributed by atoms with E-state index in [4.69, 9.17) is 4.74 Å². The summed E-state index contributed by atoms with van der Waals surface area (Å²) in [5.74, 6) is -2.63. The van der Waals surface area contributed by atoms with Gasteiger partial charge in [-0.05, 0) is 30.2 Å². The average Bonchev–Trinajstić information content (AvgIpc) is 3.09. The van der Waals surface area contributed by atoms with Crippen molar-refractivity contribution in [3.63, 3.8) is 0 Å². The molecule has 2 amide bonds. The van der Waals surface area contributed by atoms with Crippen LogP contribution in [0.4, 0.5) is 15.8 Å². The first-order valence-electron chi connectivity index (χ1n) is 9.09. The fraction of sp³-hybridized carbons (Fsp3) is 0.286. The maximum Gasteiger partial charge on any atom is 0.311 e. The molecule has 2 aromatic carbocycles. The highest BCUT2D eigenvalue weighted by Gasteiger charge is 2.37. The molecule has 0 bridgehead atoms. The van der Waals surface area contributed by atoms with Crippen molar-refractivity contribution in [2.75, 3.05) is 23.4 Å². The molecule has 146 valence electrons. The molecule has 6 nitrogen and oxygen atoms in total. The number of hydrogen-bond acceptors (Lipinski definition) is 4. The van der Waals surface area contributed by atoms with E-state index in [2.05, 4.69) is 5.32 Å². The summed E-state index contributed by atoms with van der Waals surface area (Å²) >= 11 is 0. The molecule has 0 spiro atoms. The van der Waals surface area contributed by atoms with Gasteiger partial charge in [0.05, 0.1) is 11.6 Å². The molecule has 2 aromatic rings. The molecule has 28 heavy (non-hydrogen) atoms. The first-order chi connectivity index (χ1) is 13.5. The molecule has 7 heteroatoms. The lowest BCUT2D eigenvalue weighted by atomic mass is 10.1. The third-order valence-corrected chi connectivity index (χ3v) is 4.62. The zero-order valence-corrected chi connectivity index (χ0v) is 15.5. The number of carbonyl (C=O) groups excluding carboxylic acids is 3. The van der Waals surface area contributed by atoms with Gasteiger partial charge in [0.25, 0.3) is 5.91 Å². The third-order valence-electron chi connectivity index (χ3n) is 4.62. The van der Waals surface area contributed by atoms with Crippen LogP contribution in [0, 0.1) is 11.7 Å². The number of amides is 2. The molecule has 0 radical (unpaired) electrons. The van der Waals surface area contributed by atoms with Crippen LogP contribution in [0.25, 0.3) is 0 Å². The Balaban J connectivity index is 1.56. The van der Waals surface area contributed by atoms with Gasteiger partial charge in [0.2, 0.25) is 5.91 Å². The number of carbonyl (C=O) groups is 3. The van der Waals surface area contributed by atoms with Crippen LogP contribution >= 0.6 is 0 Å². The lowest BCUT2D eigenvalue weighted by molar-refractivity contribution is -0.151. The van der Waals surface area contributed by atoms with Gasteiger partial charge in [-0.15, -0.1) is 0 Å². The Hall–Kier alpha value is -3.22. The van der Waals surface area contributed by atoms with Gasteiger partial charge >= 0.3 is 5.97 Å². The maximum absolute atomic E-state index is 13.5. The van der Waals surface area contributed by atoms with Crippen molar-refractivity contribution in [3.8, 4) is 0 Å². The molecule has 0 aromatic heterocycles. The minimum atomic E-state index is -0.643. The van der Waals surface area contributed by atoms with Crippen molar-refractivity contribution in [2.45, 2.75) is 19.8 Å². The summed E-state index contributed by atoms with van der Waals surface area (Å²) in [6.45, 7) is 1.67. The number of aryl methyl sites for hydroxylation is 1. The van der Waals surface area contributed by atoms with E-state index in [0.717, 1.165) is 17.7 Å². The Kier molecular flexibility index (Phi) is 6.03. The van der Waals surface area contributed by atoms with Crippen LogP contribution in [0.1, 0.15) is 18.9 Å². The lowest BCUT2D eigenvalue weighted by Gasteiger charge is -2.19. The number of nitrogens with one attached hydrogen (secondary N) is 1. The molecular formula is C21H21FN2O4. The molecule has 0 saturated carbocycles. The molecule has 1 saturated heterocycles. The van der Waals surface area contributed by atoms with Gasteiger partial charge in [0, 0.05) is 18.7 Å². The Bertz CT molecular complexity index is 899. The van der Waals surface area contributed by atoms with Crippen molar-refractivity contribution in [1.29, 1.82) is 0 Å². The van der Waals surface area contributed by atoms with Crippen molar-refractivity contribution < 1.29 is 23.5 Å². The Morgan fingerprint density at radius 1 is 1.18 bits per heavy atom. The van der Waals surface area contributed by atoms with Crippen LogP contribution in [-0.2, 0) is 25.5 Å². The lowest BCUT2D eigenvalue weighted by Crippen LogP contribution is -2.28. The van der Waals surface area contributed by atoms with Gasteiger partial charge in [0.1, 0.15) is 5.82 Å². The predicted octanol–water partition coefficient (Wildman–Crippen LogP) is 2.92. The van der Waals surface area contributed by atoms with Crippen LogP contribution in [0.3, 0.4) is 0 Å².